The van der Waals surface area contributed by atoms with E-state index in [0.29, 0.717) is 23.9 Å². The number of aromatic nitrogens is 2. The summed E-state index contributed by atoms with van der Waals surface area (Å²) in [6.07, 6.45) is 1.27. The predicted octanol–water partition coefficient (Wildman–Crippen LogP) is 5.83. The van der Waals surface area contributed by atoms with Gasteiger partial charge in [-0.05, 0) is 6.04 Å². The summed E-state index contributed by atoms with van der Waals surface area (Å²) in [4.78, 5) is 24.1. The number of hydrogen-bond acceptors (Lipinski definition) is 6. The third-order valence-corrected chi connectivity index (χ3v) is 7.16. The monoisotopic (exact) mass is 520 g/mol. The van der Waals surface area contributed by atoms with Crippen molar-refractivity contribution in [3.05, 3.63) is 33.7 Å². The Morgan fingerprint density at radius 3 is 2.12 bits per heavy atom. The second kappa shape index (κ2) is 11.4. The summed E-state index contributed by atoms with van der Waals surface area (Å²) in [6, 6.07) is 3.46. The Kier molecular flexibility index (Phi) is 9.41. The van der Waals surface area contributed by atoms with Crippen LogP contribution in [0.25, 0.3) is 0 Å². The quantitative estimate of drug-likeness (QED) is 0.179. The number of methoxy groups -OCH3 is 2. The van der Waals surface area contributed by atoms with Crippen LogP contribution in [0.1, 0.15) is 0 Å². The number of rotatable bonds is 9. The smallest absolute Gasteiger partial charge is 0.331 e. The van der Waals surface area contributed by atoms with Gasteiger partial charge in [0.05, 0.1) is 19.9 Å². The molecule has 8 nitrogen and oxygen atoms in total. The number of amides is 2. The molecule has 0 radical (unpaired) electrons. The first-order valence-electron chi connectivity index (χ1n) is 9.70. The highest BCUT2D eigenvalue weighted by Gasteiger charge is 2.30. The first-order chi connectivity index (χ1) is 15.0. The van der Waals surface area contributed by atoms with E-state index in [1.165, 1.54) is 36.4 Å². The summed E-state index contributed by atoms with van der Waals surface area (Å²) in [6.45, 7) is 7.12. The molecule has 1 aromatic heterocycles. The Bertz CT molecular complexity index is 931. The van der Waals surface area contributed by atoms with E-state index >= 15 is 0 Å². The van der Waals surface area contributed by atoms with Crippen LogP contribution in [0, 0.1) is 0 Å². The number of carbonyl (C=O) groups excluding carboxylic acids is 1. The third-order valence-electron chi connectivity index (χ3n) is 4.52. The Balaban J connectivity index is 2.48. The molecule has 0 fully saturated rings. The number of benzene rings is 1. The number of ether oxygens (including phenoxy) is 3. The van der Waals surface area contributed by atoms with Crippen LogP contribution in [-0.4, -0.2) is 58.7 Å². The normalized spacial score (nSPS) is 11.3. The van der Waals surface area contributed by atoms with Gasteiger partial charge in [0.15, 0.2) is 0 Å². The highest BCUT2D eigenvalue weighted by Crippen LogP contribution is 2.46. The van der Waals surface area contributed by atoms with Crippen molar-refractivity contribution in [1.29, 1.82) is 0 Å². The lowest BCUT2D eigenvalue weighted by Crippen LogP contribution is -2.43. The van der Waals surface area contributed by atoms with Gasteiger partial charge in [0.2, 0.25) is 0 Å². The maximum absolute atomic E-state index is 13.5. The number of halogens is 3. The molecule has 0 aliphatic carbocycles. The van der Waals surface area contributed by atoms with Gasteiger partial charge in [-0.25, -0.2) is 14.8 Å². The van der Waals surface area contributed by atoms with Crippen LogP contribution >= 0.6 is 34.8 Å². The van der Waals surface area contributed by atoms with E-state index in [9.17, 15) is 4.79 Å². The van der Waals surface area contributed by atoms with Crippen molar-refractivity contribution >= 4 is 60.4 Å². The average molecular weight is 522 g/mol. The fraction of sp³-hybridized carbons (Fsp3) is 0.450. The molecule has 0 saturated heterocycles. The molecule has 1 heterocycles. The molecular formula is C20H27Cl3N4O4Si. The number of urea groups is 1. The van der Waals surface area contributed by atoms with Crippen LogP contribution in [-0.2, 0) is 4.74 Å². The number of carbonyl (C=O) groups is 1. The summed E-state index contributed by atoms with van der Waals surface area (Å²) in [5.41, 5.74) is 0.203. The molecule has 1 aromatic carbocycles. The van der Waals surface area contributed by atoms with E-state index in [1.807, 2.05) is 0 Å². The van der Waals surface area contributed by atoms with E-state index in [1.54, 1.807) is 13.1 Å². The summed E-state index contributed by atoms with van der Waals surface area (Å²) in [5, 5.41) is 0.496. The van der Waals surface area contributed by atoms with Crippen molar-refractivity contribution in [2.24, 2.45) is 0 Å². The van der Waals surface area contributed by atoms with E-state index in [-0.39, 0.29) is 27.6 Å². The van der Waals surface area contributed by atoms with Crippen LogP contribution in [0.15, 0.2) is 18.5 Å². The van der Waals surface area contributed by atoms with Gasteiger partial charge in [0.25, 0.3) is 0 Å². The topological polar surface area (TPSA) is 77.0 Å². The minimum atomic E-state index is -1.33. The molecule has 0 aliphatic rings. The van der Waals surface area contributed by atoms with Crippen LogP contribution in [0.2, 0.25) is 40.9 Å². The minimum Gasteiger partial charge on any atom is -0.495 e. The van der Waals surface area contributed by atoms with Gasteiger partial charge in [0.1, 0.15) is 45.6 Å². The lowest BCUT2D eigenvalue weighted by molar-refractivity contribution is 0.148. The molecule has 0 aliphatic heterocycles. The fourth-order valence-electron chi connectivity index (χ4n) is 2.65. The number of hydrogen-bond donors (Lipinski definition) is 0. The van der Waals surface area contributed by atoms with Crippen LogP contribution in [0.3, 0.4) is 0 Å². The maximum atomic E-state index is 13.5. The molecule has 176 valence electrons. The van der Waals surface area contributed by atoms with Crippen LogP contribution < -0.4 is 19.3 Å². The molecule has 32 heavy (non-hydrogen) atoms. The zero-order valence-electron chi connectivity index (χ0n) is 18.9. The van der Waals surface area contributed by atoms with Gasteiger partial charge in [-0.3, -0.25) is 9.80 Å². The van der Waals surface area contributed by atoms with Crippen molar-refractivity contribution < 1.29 is 19.0 Å². The highest BCUT2D eigenvalue weighted by molar-refractivity contribution is 6.76. The lowest BCUT2D eigenvalue weighted by atomic mass is 10.2. The zero-order chi connectivity index (χ0) is 24.1. The third kappa shape index (κ3) is 6.61. The molecule has 0 saturated carbocycles. The molecule has 0 unspecified atom stereocenters. The van der Waals surface area contributed by atoms with E-state index in [4.69, 9.17) is 49.0 Å². The summed E-state index contributed by atoms with van der Waals surface area (Å²) in [7, 11) is 3.15. The highest BCUT2D eigenvalue weighted by atomic mass is 35.5. The lowest BCUT2D eigenvalue weighted by Gasteiger charge is -2.30. The average Bonchev–Trinajstić information content (AvgIpc) is 2.73. The molecule has 2 amide bonds. The van der Waals surface area contributed by atoms with Gasteiger partial charge >= 0.3 is 6.03 Å². The molecule has 2 aromatic rings. The van der Waals surface area contributed by atoms with Crippen molar-refractivity contribution in [3.63, 3.8) is 0 Å². The van der Waals surface area contributed by atoms with Crippen LogP contribution in [0.4, 0.5) is 16.3 Å². The largest absolute Gasteiger partial charge is 0.495 e. The molecule has 12 heteroatoms. The summed E-state index contributed by atoms with van der Waals surface area (Å²) >= 11 is 19.1. The standard InChI is InChI=1S/C20H27Cl3N4O4Si/c1-26(16-10-15(21)24-11-25-16)20(28)27(12-31-7-8-32(4,5)6)19-17(22)13(29-2)9-14(30-3)18(19)23/h9-11H,7-8,12H2,1-6H3. The van der Waals surface area contributed by atoms with Gasteiger partial charge in [-0.2, -0.15) is 0 Å². The van der Waals surface area contributed by atoms with Crippen molar-refractivity contribution in [2.75, 3.05) is 44.4 Å². The first-order valence-corrected chi connectivity index (χ1v) is 14.5. The van der Waals surface area contributed by atoms with Gasteiger partial charge < -0.3 is 14.2 Å². The van der Waals surface area contributed by atoms with Crippen LogP contribution in [0.5, 0.6) is 11.5 Å². The molecule has 0 N–H and O–H groups in total. The van der Waals surface area contributed by atoms with Crippen molar-refractivity contribution in [2.45, 2.75) is 25.7 Å². The molecular weight excluding hydrogens is 495 g/mol. The summed E-state index contributed by atoms with van der Waals surface area (Å²) < 4.78 is 16.6. The Hall–Kier alpha value is -1.78. The molecule has 0 spiro atoms. The number of anilines is 2. The van der Waals surface area contributed by atoms with Gasteiger partial charge in [-0.1, -0.05) is 54.4 Å². The second-order valence-corrected chi connectivity index (χ2v) is 14.8. The molecule has 0 bridgehead atoms. The molecule has 0 atom stereocenters. The minimum absolute atomic E-state index is 0.0950. The van der Waals surface area contributed by atoms with Crippen molar-refractivity contribution in [1.82, 2.24) is 9.97 Å². The Morgan fingerprint density at radius 2 is 1.62 bits per heavy atom. The van der Waals surface area contributed by atoms with Crippen molar-refractivity contribution in [3.8, 4) is 11.5 Å². The van der Waals surface area contributed by atoms with E-state index < -0.39 is 14.1 Å². The number of nitrogens with zero attached hydrogens (tertiary/aromatic N) is 4. The first kappa shape index (κ1) is 26.5. The van der Waals surface area contributed by atoms with Gasteiger partial charge in [-0.15, -0.1) is 0 Å². The molecule has 2 rings (SSSR count). The Labute approximate surface area is 204 Å². The van der Waals surface area contributed by atoms with E-state index in [0.717, 1.165) is 6.04 Å². The maximum Gasteiger partial charge on any atom is 0.331 e. The Morgan fingerprint density at radius 1 is 1.03 bits per heavy atom. The fourth-order valence-corrected chi connectivity index (χ4v) is 4.25. The predicted molar refractivity (Wildman–Crippen MR) is 132 cm³/mol. The second-order valence-electron chi connectivity index (χ2n) is 8.07. The summed E-state index contributed by atoms with van der Waals surface area (Å²) in [5.74, 6) is 0.898. The van der Waals surface area contributed by atoms with Gasteiger partial charge in [0, 0.05) is 33.9 Å². The van der Waals surface area contributed by atoms with E-state index in [2.05, 4.69) is 29.6 Å². The zero-order valence-corrected chi connectivity index (χ0v) is 22.2. The SMILES string of the molecule is COc1cc(OC)c(Cl)c(N(COCC[Si](C)(C)C)C(=O)N(C)c2cc(Cl)ncn2)c1Cl.